The van der Waals surface area contributed by atoms with Crippen LogP contribution in [0.15, 0.2) is 36.4 Å². The van der Waals surface area contributed by atoms with Gasteiger partial charge in [0.1, 0.15) is 12.1 Å². The minimum atomic E-state index is -0.368. The molecule has 0 bridgehead atoms. The van der Waals surface area contributed by atoms with E-state index in [2.05, 4.69) is 21.9 Å². The molecule has 5 rings (SSSR count). The number of nitrogens with zero attached hydrogens (tertiary/aromatic N) is 4. The lowest BCUT2D eigenvalue weighted by atomic mass is 10.0. The number of ether oxygens (including phenoxy) is 4. The van der Waals surface area contributed by atoms with Crippen molar-refractivity contribution in [3.8, 4) is 35.1 Å². The van der Waals surface area contributed by atoms with E-state index in [4.69, 9.17) is 18.9 Å². The Morgan fingerprint density at radius 3 is 1.43 bits per heavy atom. The molecule has 8 nitrogen and oxygen atoms in total. The SMILES string of the molecule is N#CC(c1ccc2c(c1)OCO2)N1CCN(C(C#N)c2ccc3c(c2)OCO3)CC1. The fourth-order valence-corrected chi connectivity index (χ4v) is 4.15. The van der Waals surface area contributed by atoms with Gasteiger partial charge in [0.2, 0.25) is 13.6 Å². The molecule has 3 aliphatic heterocycles. The van der Waals surface area contributed by atoms with Gasteiger partial charge in [-0.3, -0.25) is 9.80 Å². The maximum absolute atomic E-state index is 9.81. The van der Waals surface area contributed by atoms with E-state index < -0.39 is 0 Å². The molecule has 8 heteroatoms. The van der Waals surface area contributed by atoms with Crippen LogP contribution < -0.4 is 18.9 Å². The molecule has 2 unspecified atom stereocenters. The zero-order chi connectivity index (χ0) is 20.5. The Bertz CT molecular complexity index is 953. The van der Waals surface area contributed by atoms with Crippen molar-refractivity contribution in [2.45, 2.75) is 12.1 Å². The lowest BCUT2D eigenvalue weighted by molar-refractivity contribution is 0.0978. The zero-order valence-electron chi connectivity index (χ0n) is 16.3. The molecule has 1 fully saturated rings. The largest absolute Gasteiger partial charge is 0.454 e. The Hall–Kier alpha value is -3.46. The second kappa shape index (κ2) is 7.75. The highest BCUT2D eigenvalue weighted by Crippen LogP contribution is 2.37. The van der Waals surface area contributed by atoms with Gasteiger partial charge in [-0.15, -0.1) is 0 Å². The van der Waals surface area contributed by atoms with Crippen LogP contribution in [0.2, 0.25) is 0 Å². The van der Waals surface area contributed by atoms with Crippen LogP contribution in [0.3, 0.4) is 0 Å². The maximum atomic E-state index is 9.81. The van der Waals surface area contributed by atoms with Crippen LogP contribution in [0.4, 0.5) is 0 Å². The summed E-state index contributed by atoms with van der Waals surface area (Å²) < 4.78 is 21.6. The monoisotopic (exact) mass is 404 g/mol. The van der Waals surface area contributed by atoms with Gasteiger partial charge in [-0.25, -0.2) is 0 Å². The van der Waals surface area contributed by atoms with Crippen LogP contribution in [0.5, 0.6) is 23.0 Å². The summed E-state index contributed by atoms with van der Waals surface area (Å²) in [5.74, 6) is 2.78. The molecule has 0 radical (unpaired) electrons. The van der Waals surface area contributed by atoms with E-state index in [1.165, 1.54) is 0 Å². The first-order valence-electron chi connectivity index (χ1n) is 9.83. The number of benzene rings is 2. The van der Waals surface area contributed by atoms with E-state index in [-0.39, 0.29) is 25.7 Å². The summed E-state index contributed by atoms with van der Waals surface area (Å²) in [7, 11) is 0. The Labute approximate surface area is 174 Å². The molecule has 0 saturated carbocycles. The Morgan fingerprint density at radius 2 is 1.03 bits per heavy atom. The highest BCUT2D eigenvalue weighted by atomic mass is 16.7. The Balaban J connectivity index is 1.28. The highest BCUT2D eigenvalue weighted by molar-refractivity contribution is 5.47. The van der Waals surface area contributed by atoms with E-state index >= 15 is 0 Å². The summed E-state index contributed by atoms with van der Waals surface area (Å²) in [6.45, 7) is 3.18. The fraction of sp³-hybridized carbons (Fsp3) is 0.364. The van der Waals surface area contributed by atoms with Crippen LogP contribution >= 0.6 is 0 Å². The number of hydrogen-bond donors (Lipinski definition) is 0. The van der Waals surface area contributed by atoms with Crippen LogP contribution in [-0.2, 0) is 0 Å². The fourth-order valence-electron chi connectivity index (χ4n) is 4.15. The average Bonchev–Trinajstić information content (AvgIpc) is 3.44. The summed E-state index contributed by atoms with van der Waals surface area (Å²) in [6.07, 6.45) is 0. The molecule has 152 valence electrons. The third kappa shape index (κ3) is 3.26. The van der Waals surface area contributed by atoms with Gasteiger partial charge in [0, 0.05) is 26.2 Å². The van der Waals surface area contributed by atoms with Crippen molar-refractivity contribution in [1.82, 2.24) is 9.80 Å². The standard InChI is InChI=1S/C22H20N4O4/c23-11-17(15-1-3-19-21(9-15)29-13-27-19)25-5-7-26(8-6-25)18(12-24)16-2-4-20-22(10-16)30-14-28-20/h1-4,9-10,17-18H,5-8,13-14H2. The number of fused-ring (bicyclic) bond motifs is 2. The molecule has 2 aromatic carbocycles. The number of nitriles is 2. The number of hydrogen-bond acceptors (Lipinski definition) is 8. The maximum Gasteiger partial charge on any atom is 0.231 e. The third-order valence-corrected chi connectivity index (χ3v) is 5.75. The molecule has 0 N–H and O–H groups in total. The lowest BCUT2D eigenvalue weighted by Gasteiger charge is -2.38. The van der Waals surface area contributed by atoms with Gasteiger partial charge in [-0.1, -0.05) is 12.1 Å². The molecule has 0 aliphatic carbocycles. The Kier molecular flexibility index (Phi) is 4.80. The predicted octanol–water partition coefficient (Wildman–Crippen LogP) is 2.59. The molecule has 3 aliphatic rings. The van der Waals surface area contributed by atoms with Crippen LogP contribution in [-0.4, -0.2) is 49.6 Å². The van der Waals surface area contributed by atoms with Gasteiger partial charge in [-0.05, 0) is 35.4 Å². The van der Waals surface area contributed by atoms with E-state index in [9.17, 15) is 10.5 Å². The predicted molar refractivity (Wildman–Crippen MR) is 105 cm³/mol. The van der Waals surface area contributed by atoms with E-state index in [1.807, 2.05) is 36.4 Å². The Morgan fingerprint density at radius 1 is 0.633 bits per heavy atom. The van der Waals surface area contributed by atoms with Gasteiger partial charge < -0.3 is 18.9 Å². The smallest absolute Gasteiger partial charge is 0.231 e. The minimum absolute atomic E-state index is 0.212. The molecule has 0 amide bonds. The first kappa shape index (κ1) is 18.6. The first-order valence-corrected chi connectivity index (χ1v) is 9.83. The van der Waals surface area contributed by atoms with Crippen LogP contribution in [0, 0.1) is 22.7 Å². The highest BCUT2D eigenvalue weighted by Gasteiger charge is 2.30. The van der Waals surface area contributed by atoms with Crippen molar-refractivity contribution >= 4 is 0 Å². The first-order chi connectivity index (χ1) is 14.8. The molecular formula is C22H20N4O4. The summed E-state index contributed by atoms with van der Waals surface area (Å²) in [5, 5.41) is 19.6. The number of piperazine rings is 1. The molecule has 3 heterocycles. The molecule has 2 atom stereocenters. The third-order valence-electron chi connectivity index (χ3n) is 5.75. The topological polar surface area (TPSA) is 91.0 Å². The van der Waals surface area contributed by atoms with Crippen molar-refractivity contribution in [2.75, 3.05) is 39.8 Å². The normalized spacial score (nSPS) is 19.7. The summed E-state index contributed by atoms with van der Waals surface area (Å²) in [5.41, 5.74) is 1.78. The lowest BCUT2D eigenvalue weighted by Crippen LogP contribution is -2.48. The van der Waals surface area contributed by atoms with Crippen LogP contribution in [0.25, 0.3) is 0 Å². The van der Waals surface area contributed by atoms with Crippen molar-refractivity contribution < 1.29 is 18.9 Å². The second-order valence-electron chi connectivity index (χ2n) is 7.36. The molecule has 30 heavy (non-hydrogen) atoms. The molecule has 0 spiro atoms. The van der Waals surface area contributed by atoms with Gasteiger partial charge in [0.05, 0.1) is 12.1 Å². The summed E-state index contributed by atoms with van der Waals surface area (Å²) in [6, 6.07) is 15.4. The van der Waals surface area contributed by atoms with E-state index in [0.717, 1.165) is 11.1 Å². The molecule has 0 aromatic heterocycles. The zero-order valence-corrected chi connectivity index (χ0v) is 16.3. The molecule has 2 aromatic rings. The van der Waals surface area contributed by atoms with Crippen molar-refractivity contribution in [2.24, 2.45) is 0 Å². The molecular weight excluding hydrogens is 384 g/mol. The van der Waals surface area contributed by atoms with Gasteiger partial charge in [0.15, 0.2) is 23.0 Å². The van der Waals surface area contributed by atoms with Gasteiger partial charge in [0.25, 0.3) is 0 Å². The minimum Gasteiger partial charge on any atom is -0.454 e. The average molecular weight is 404 g/mol. The summed E-state index contributed by atoms with van der Waals surface area (Å²) >= 11 is 0. The van der Waals surface area contributed by atoms with E-state index in [1.54, 1.807) is 0 Å². The van der Waals surface area contributed by atoms with Crippen molar-refractivity contribution in [3.05, 3.63) is 47.5 Å². The summed E-state index contributed by atoms with van der Waals surface area (Å²) in [4.78, 5) is 4.28. The van der Waals surface area contributed by atoms with Gasteiger partial charge in [-0.2, -0.15) is 10.5 Å². The van der Waals surface area contributed by atoms with Crippen molar-refractivity contribution in [1.29, 1.82) is 10.5 Å². The number of rotatable bonds is 4. The van der Waals surface area contributed by atoms with Gasteiger partial charge >= 0.3 is 0 Å². The van der Waals surface area contributed by atoms with E-state index in [0.29, 0.717) is 49.2 Å². The molecule has 1 saturated heterocycles. The quantitative estimate of drug-likeness (QED) is 0.768. The van der Waals surface area contributed by atoms with Crippen LogP contribution in [0.1, 0.15) is 23.2 Å². The van der Waals surface area contributed by atoms with Crippen molar-refractivity contribution in [3.63, 3.8) is 0 Å². The second-order valence-corrected chi connectivity index (χ2v) is 7.36.